The van der Waals surface area contributed by atoms with Gasteiger partial charge in [-0.25, -0.2) is 4.39 Å². The number of rotatable bonds is 6. The van der Waals surface area contributed by atoms with Crippen molar-refractivity contribution in [2.75, 3.05) is 6.54 Å². The SMILES string of the molecule is CCCNC(CCC)c1cc(F)ccc1Cl. The van der Waals surface area contributed by atoms with Gasteiger partial charge in [0.15, 0.2) is 0 Å². The highest BCUT2D eigenvalue weighted by Gasteiger charge is 2.13. The van der Waals surface area contributed by atoms with Gasteiger partial charge < -0.3 is 5.32 Å². The molecule has 0 aliphatic heterocycles. The Kier molecular flexibility index (Phi) is 5.78. The van der Waals surface area contributed by atoms with Gasteiger partial charge in [0.25, 0.3) is 0 Å². The molecule has 0 amide bonds. The van der Waals surface area contributed by atoms with Crippen molar-refractivity contribution < 1.29 is 4.39 Å². The highest BCUT2D eigenvalue weighted by Crippen LogP contribution is 2.26. The first-order chi connectivity index (χ1) is 7.69. The van der Waals surface area contributed by atoms with Crippen LogP contribution < -0.4 is 5.32 Å². The van der Waals surface area contributed by atoms with Crippen molar-refractivity contribution in [1.82, 2.24) is 5.32 Å². The van der Waals surface area contributed by atoms with Crippen molar-refractivity contribution in [3.05, 3.63) is 34.6 Å². The van der Waals surface area contributed by atoms with Crippen LogP contribution in [0.3, 0.4) is 0 Å². The Bertz CT molecular complexity index is 328. The molecule has 1 nitrogen and oxygen atoms in total. The van der Waals surface area contributed by atoms with Crippen molar-refractivity contribution in [2.24, 2.45) is 0 Å². The van der Waals surface area contributed by atoms with Crippen LogP contribution in [0.15, 0.2) is 18.2 Å². The average molecular weight is 244 g/mol. The molecule has 0 fully saturated rings. The third kappa shape index (κ3) is 3.76. The summed E-state index contributed by atoms with van der Waals surface area (Å²) < 4.78 is 13.2. The Morgan fingerprint density at radius 3 is 2.69 bits per heavy atom. The molecule has 0 spiro atoms. The zero-order valence-corrected chi connectivity index (χ0v) is 10.6. The Morgan fingerprint density at radius 2 is 2.06 bits per heavy atom. The van der Waals surface area contributed by atoms with Gasteiger partial charge in [0, 0.05) is 11.1 Å². The molecule has 0 bridgehead atoms. The summed E-state index contributed by atoms with van der Waals surface area (Å²) in [5, 5.41) is 4.05. The topological polar surface area (TPSA) is 12.0 Å². The van der Waals surface area contributed by atoms with E-state index in [4.69, 9.17) is 11.6 Å². The lowest BCUT2D eigenvalue weighted by Crippen LogP contribution is -2.22. The van der Waals surface area contributed by atoms with Gasteiger partial charge in [0.2, 0.25) is 0 Å². The molecule has 0 aromatic heterocycles. The second-order valence-electron chi connectivity index (χ2n) is 3.96. The first-order valence-corrected chi connectivity index (χ1v) is 6.25. The Labute approximate surface area is 102 Å². The lowest BCUT2D eigenvalue weighted by Gasteiger charge is -2.19. The summed E-state index contributed by atoms with van der Waals surface area (Å²) >= 11 is 6.10. The predicted molar refractivity (Wildman–Crippen MR) is 67.4 cm³/mol. The van der Waals surface area contributed by atoms with Gasteiger partial charge in [-0.05, 0) is 43.1 Å². The summed E-state index contributed by atoms with van der Waals surface area (Å²) in [6, 6.07) is 4.72. The van der Waals surface area contributed by atoms with E-state index in [-0.39, 0.29) is 11.9 Å². The highest BCUT2D eigenvalue weighted by atomic mass is 35.5. The maximum Gasteiger partial charge on any atom is 0.123 e. The molecule has 0 radical (unpaired) electrons. The van der Waals surface area contributed by atoms with Gasteiger partial charge in [-0.15, -0.1) is 0 Å². The zero-order valence-electron chi connectivity index (χ0n) is 9.89. The largest absolute Gasteiger partial charge is 0.310 e. The summed E-state index contributed by atoms with van der Waals surface area (Å²) in [5.74, 6) is -0.223. The van der Waals surface area contributed by atoms with Crippen molar-refractivity contribution in [3.63, 3.8) is 0 Å². The van der Waals surface area contributed by atoms with Gasteiger partial charge in [-0.2, -0.15) is 0 Å². The van der Waals surface area contributed by atoms with Crippen molar-refractivity contribution in [1.29, 1.82) is 0 Å². The fraction of sp³-hybridized carbons (Fsp3) is 0.538. The van der Waals surface area contributed by atoms with Crippen LogP contribution in [0.25, 0.3) is 0 Å². The van der Waals surface area contributed by atoms with Gasteiger partial charge in [-0.3, -0.25) is 0 Å². The normalized spacial score (nSPS) is 12.8. The monoisotopic (exact) mass is 243 g/mol. The van der Waals surface area contributed by atoms with E-state index in [0.29, 0.717) is 5.02 Å². The molecule has 90 valence electrons. The third-order valence-electron chi connectivity index (χ3n) is 2.55. The van der Waals surface area contributed by atoms with Crippen LogP contribution in [0.4, 0.5) is 4.39 Å². The number of hydrogen-bond acceptors (Lipinski definition) is 1. The first-order valence-electron chi connectivity index (χ1n) is 5.87. The molecule has 16 heavy (non-hydrogen) atoms. The molecule has 1 unspecified atom stereocenters. The minimum Gasteiger partial charge on any atom is -0.310 e. The summed E-state index contributed by atoms with van der Waals surface area (Å²) in [6.07, 6.45) is 3.09. The van der Waals surface area contributed by atoms with Crippen molar-refractivity contribution in [2.45, 2.75) is 39.2 Å². The van der Waals surface area contributed by atoms with Gasteiger partial charge in [0.05, 0.1) is 0 Å². The van der Waals surface area contributed by atoms with E-state index < -0.39 is 0 Å². The molecular weight excluding hydrogens is 225 g/mol. The number of hydrogen-bond donors (Lipinski definition) is 1. The van der Waals surface area contributed by atoms with E-state index >= 15 is 0 Å². The highest BCUT2D eigenvalue weighted by molar-refractivity contribution is 6.31. The van der Waals surface area contributed by atoms with E-state index in [1.807, 2.05) is 0 Å². The van der Waals surface area contributed by atoms with Crippen LogP contribution >= 0.6 is 11.6 Å². The molecule has 0 saturated carbocycles. The number of benzene rings is 1. The fourth-order valence-electron chi connectivity index (χ4n) is 1.76. The van der Waals surface area contributed by atoms with E-state index in [9.17, 15) is 4.39 Å². The summed E-state index contributed by atoms with van der Waals surface area (Å²) in [4.78, 5) is 0. The minimum absolute atomic E-state index is 0.160. The summed E-state index contributed by atoms with van der Waals surface area (Å²) in [6.45, 7) is 5.16. The Hall–Kier alpha value is -0.600. The molecule has 0 aliphatic carbocycles. The van der Waals surface area contributed by atoms with Gasteiger partial charge >= 0.3 is 0 Å². The molecule has 1 aromatic rings. The summed E-state index contributed by atoms with van der Waals surface area (Å²) in [7, 11) is 0. The van der Waals surface area contributed by atoms with E-state index in [1.165, 1.54) is 12.1 Å². The smallest absolute Gasteiger partial charge is 0.123 e. The standard InChI is InChI=1S/C13H19ClFN/c1-3-5-13(16-8-4-2)11-9-10(15)6-7-12(11)14/h6-7,9,13,16H,3-5,8H2,1-2H3. The molecular formula is C13H19ClFN. The average Bonchev–Trinajstić information content (AvgIpc) is 2.28. The van der Waals surface area contributed by atoms with E-state index in [2.05, 4.69) is 19.2 Å². The second-order valence-corrected chi connectivity index (χ2v) is 4.37. The van der Waals surface area contributed by atoms with Crippen LogP contribution in [-0.2, 0) is 0 Å². The van der Waals surface area contributed by atoms with Crippen molar-refractivity contribution in [3.8, 4) is 0 Å². The summed E-state index contributed by atoms with van der Waals surface area (Å²) in [5.41, 5.74) is 0.872. The van der Waals surface area contributed by atoms with Crippen LogP contribution in [0.5, 0.6) is 0 Å². The molecule has 0 saturated heterocycles. The molecule has 1 atom stereocenters. The molecule has 0 heterocycles. The van der Waals surface area contributed by atoms with Gasteiger partial charge in [0.1, 0.15) is 5.82 Å². The predicted octanol–water partition coefficient (Wildman–Crippen LogP) is 4.32. The van der Waals surface area contributed by atoms with Crippen LogP contribution in [0, 0.1) is 5.82 Å². The Balaban J connectivity index is 2.85. The van der Waals surface area contributed by atoms with E-state index in [1.54, 1.807) is 6.07 Å². The van der Waals surface area contributed by atoms with Crippen LogP contribution in [-0.4, -0.2) is 6.54 Å². The lowest BCUT2D eigenvalue weighted by molar-refractivity contribution is 0.491. The second kappa shape index (κ2) is 6.87. The molecule has 3 heteroatoms. The first kappa shape index (κ1) is 13.5. The maximum absolute atomic E-state index is 13.2. The zero-order chi connectivity index (χ0) is 12.0. The molecule has 1 rings (SSSR count). The lowest BCUT2D eigenvalue weighted by atomic mass is 10.0. The minimum atomic E-state index is -0.223. The quantitative estimate of drug-likeness (QED) is 0.785. The fourth-order valence-corrected chi connectivity index (χ4v) is 2.01. The number of nitrogens with one attached hydrogen (secondary N) is 1. The van der Waals surface area contributed by atoms with Crippen LogP contribution in [0.2, 0.25) is 5.02 Å². The van der Waals surface area contributed by atoms with Gasteiger partial charge in [-0.1, -0.05) is 31.9 Å². The molecule has 0 aliphatic rings. The maximum atomic E-state index is 13.2. The van der Waals surface area contributed by atoms with Crippen LogP contribution in [0.1, 0.15) is 44.7 Å². The Morgan fingerprint density at radius 1 is 1.31 bits per heavy atom. The molecule has 1 N–H and O–H groups in total. The molecule has 1 aromatic carbocycles. The van der Waals surface area contributed by atoms with Crippen molar-refractivity contribution >= 4 is 11.6 Å². The van der Waals surface area contributed by atoms with E-state index in [0.717, 1.165) is 31.4 Å². The number of halogens is 2. The third-order valence-corrected chi connectivity index (χ3v) is 2.90.